The fourth-order valence-electron chi connectivity index (χ4n) is 2.32. The van der Waals surface area contributed by atoms with E-state index < -0.39 is 11.1 Å². The molecule has 0 aliphatic carbocycles. The van der Waals surface area contributed by atoms with Crippen LogP contribution >= 0.6 is 56.9 Å². The van der Waals surface area contributed by atoms with E-state index in [4.69, 9.17) is 0 Å². The smallest absolute Gasteiger partial charge is 0.293 e. The van der Waals surface area contributed by atoms with E-state index in [-0.39, 0.29) is 23.0 Å². The summed E-state index contributed by atoms with van der Waals surface area (Å²) in [4.78, 5) is 38.2. The van der Waals surface area contributed by atoms with Crippen molar-refractivity contribution in [2.45, 2.75) is 0 Å². The molecule has 0 spiro atoms. The topological polar surface area (TPSA) is 74.7 Å². The lowest BCUT2D eigenvalue weighted by Crippen LogP contribution is -2.33. The molecule has 132 valence electrons. The molecule has 2 aromatic carbocycles. The third-order valence-corrected chi connectivity index (χ3v) is 6.16. The highest BCUT2D eigenvalue weighted by Gasteiger charge is 2.36. The first kappa shape index (κ1) is 19.4. The lowest BCUT2D eigenvalue weighted by Gasteiger charge is -2.11. The molecule has 1 aliphatic rings. The van der Waals surface area contributed by atoms with Crippen molar-refractivity contribution in [3.05, 3.63) is 65.6 Å². The number of carbonyl (C=O) groups is 3. The van der Waals surface area contributed by atoms with Gasteiger partial charge in [-0.05, 0) is 80.7 Å². The van der Waals surface area contributed by atoms with Crippen LogP contribution in [0.15, 0.2) is 47.4 Å². The minimum atomic E-state index is -0.484. The minimum absolute atomic E-state index is 0.185. The average Bonchev–Trinajstić information content (AvgIpc) is 2.87. The minimum Gasteiger partial charge on any atom is -0.506 e. The Hall–Kier alpha value is -1.40. The predicted octanol–water partition coefficient (Wildman–Crippen LogP) is 4.52. The zero-order valence-electron chi connectivity index (χ0n) is 13.1. The number of phenols is 1. The molecule has 1 heterocycles. The van der Waals surface area contributed by atoms with Gasteiger partial charge in [-0.25, -0.2) is 0 Å². The van der Waals surface area contributed by atoms with Crippen molar-refractivity contribution in [2.75, 3.05) is 6.54 Å². The van der Waals surface area contributed by atoms with E-state index in [9.17, 15) is 19.5 Å². The molecule has 1 saturated heterocycles. The van der Waals surface area contributed by atoms with Gasteiger partial charge in [-0.1, -0.05) is 30.3 Å². The Balaban J connectivity index is 1.82. The van der Waals surface area contributed by atoms with Crippen LogP contribution in [0.5, 0.6) is 5.75 Å². The van der Waals surface area contributed by atoms with E-state index in [0.29, 0.717) is 18.3 Å². The maximum absolute atomic E-state index is 12.5. The number of hydrogen-bond donors (Lipinski definition) is 1. The maximum atomic E-state index is 12.5. The molecule has 5 nitrogen and oxygen atoms in total. The van der Waals surface area contributed by atoms with Crippen LogP contribution < -0.4 is 0 Å². The van der Waals surface area contributed by atoms with Crippen molar-refractivity contribution in [3.8, 4) is 5.75 Å². The Kier molecular flexibility index (Phi) is 6.03. The Labute approximate surface area is 181 Å². The summed E-state index contributed by atoms with van der Waals surface area (Å²) in [5.41, 5.74) is 1.16. The monoisotopic (exact) mass is 591 g/mol. The van der Waals surface area contributed by atoms with Gasteiger partial charge in [0.05, 0.1) is 18.6 Å². The molecule has 0 unspecified atom stereocenters. The van der Waals surface area contributed by atoms with Crippen LogP contribution in [-0.2, 0) is 4.79 Å². The molecule has 0 saturated carbocycles. The molecule has 2 aromatic rings. The number of rotatable bonds is 4. The molecule has 1 aliphatic heterocycles. The number of carbonyl (C=O) groups excluding carboxylic acids is 3. The van der Waals surface area contributed by atoms with Crippen LogP contribution in [0.3, 0.4) is 0 Å². The zero-order chi connectivity index (χ0) is 18.8. The Morgan fingerprint density at radius 1 is 1.12 bits per heavy atom. The molecule has 8 heteroatoms. The number of halogens is 2. The number of phenolic OH excluding ortho intramolecular Hbond substituents is 1. The van der Waals surface area contributed by atoms with Gasteiger partial charge >= 0.3 is 0 Å². The number of amides is 2. The van der Waals surface area contributed by atoms with Gasteiger partial charge in [0.2, 0.25) is 0 Å². The first-order valence-corrected chi connectivity index (χ1v) is 10.4. The largest absolute Gasteiger partial charge is 0.506 e. The van der Waals surface area contributed by atoms with Gasteiger partial charge in [0.15, 0.2) is 5.78 Å². The molecule has 2 amide bonds. The van der Waals surface area contributed by atoms with Gasteiger partial charge in [0.25, 0.3) is 11.1 Å². The molecule has 0 atom stereocenters. The first-order valence-electron chi connectivity index (χ1n) is 7.38. The van der Waals surface area contributed by atoms with Crippen molar-refractivity contribution in [3.63, 3.8) is 0 Å². The van der Waals surface area contributed by atoms with Gasteiger partial charge in [0, 0.05) is 5.56 Å². The summed E-state index contributed by atoms with van der Waals surface area (Å²) < 4.78 is 1.30. The van der Waals surface area contributed by atoms with E-state index >= 15 is 0 Å². The van der Waals surface area contributed by atoms with E-state index in [1.807, 2.05) is 45.2 Å². The van der Waals surface area contributed by atoms with Crippen molar-refractivity contribution in [1.82, 2.24) is 4.90 Å². The number of imide groups is 1. The van der Waals surface area contributed by atoms with Crippen molar-refractivity contribution >= 4 is 79.9 Å². The van der Waals surface area contributed by atoms with E-state index in [0.717, 1.165) is 16.7 Å². The van der Waals surface area contributed by atoms with Crippen LogP contribution in [0, 0.1) is 7.14 Å². The summed E-state index contributed by atoms with van der Waals surface area (Å²) in [7, 11) is 0. The fraction of sp³-hybridized carbons (Fsp3) is 0.0556. The predicted molar refractivity (Wildman–Crippen MR) is 117 cm³/mol. The Morgan fingerprint density at radius 3 is 2.35 bits per heavy atom. The van der Waals surface area contributed by atoms with E-state index in [2.05, 4.69) is 0 Å². The number of ketones is 1. The summed E-state index contributed by atoms with van der Waals surface area (Å²) in [6.45, 7) is -0.281. The standard InChI is InChI=1S/C18H11I2NO4S/c19-12-6-10(7-13(20)16(12)23)8-15-17(24)21(18(25)26-15)9-14(22)11-4-2-1-3-5-11/h1-8,23H,9H2/b15-8+. The Bertz CT molecular complexity index is 920. The molecule has 3 rings (SSSR count). The summed E-state index contributed by atoms with van der Waals surface area (Å²) >= 11 is 4.81. The van der Waals surface area contributed by atoms with Gasteiger partial charge in [-0.2, -0.15) is 0 Å². The molecule has 0 aromatic heterocycles. The second-order valence-electron chi connectivity index (χ2n) is 5.39. The molecule has 0 bridgehead atoms. The van der Waals surface area contributed by atoms with Crippen LogP contribution in [0.4, 0.5) is 4.79 Å². The molecular weight excluding hydrogens is 580 g/mol. The van der Waals surface area contributed by atoms with Crippen molar-refractivity contribution in [1.29, 1.82) is 0 Å². The molecule has 1 fully saturated rings. The van der Waals surface area contributed by atoms with Crippen LogP contribution in [0.1, 0.15) is 15.9 Å². The third kappa shape index (κ3) is 4.12. The quantitative estimate of drug-likeness (QED) is 0.322. The number of Topliss-reactive ketones (excluding diaryl/α,β-unsaturated/α-hetero) is 1. The lowest BCUT2D eigenvalue weighted by atomic mass is 10.1. The number of nitrogens with zero attached hydrogens (tertiary/aromatic N) is 1. The maximum Gasteiger partial charge on any atom is 0.293 e. The Morgan fingerprint density at radius 2 is 1.73 bits per heavy atom. The third-order valence-electron chi connectivity index (χ3n) is 3.61. The van der Waals surface area contributed by atoms with Gasteiger partial charge in [-0.15, -0.1) is 0 Å². The van der Waals surface area contributed by atoms with Crippen LogP contribution in [0.25, 0.3) is 6.08 Å². The van der Waals surface area contributed by atoms with Gasteiger partial charge in [-0.3, -0.25) is 19.3 Å². The number of aromatic hydroxyl groups is 1. The van der Waals surface area contributed by atoms with Crippen molar-refractivity contribution in [2.24, 2.45) is 0 Å². The molecular formula is C18H11I2NO4S. The van der Waals surface area contributed by atoms with Crippen LogP contribution in [0.2, 0.25) is 0 Å². The average molecular weight is 591 g/mol. The SMILES string of the molecule is O=C(CN1C(=O)S/C(=C/c2cc(I)c(O)c(I)c2)C1=O)c1ccccc1. The van der Waals surface area contributed by atoms with Crippen molar-refractivity contribution < 1.29 is 19.5 Å². The number of benzene rings is 2. The summed E-state index contributed by atoms with van der Waals surface area (Å²) in [6.07, 6.45) is 1.60. The fourth-order valence-corrected chi connectivity index (χ4v) is 4.97. The van der Waals surface area contributed by atoms with E-state index in [1.54, 1.807) is 48.5 Å². The number of hydrogen-bond acceptors (Lipinski definition) is 5. The second-order valence-corrected chi connectivity index (χ2v) is 8.71. The van der Waals surface area contributed by atoms with Gasteiger partial charge < -0.3 is 5.11 Å². The molecule has 0 radical (unpaired) electrons. The zero-order valence-corrected chi connectivity index (χ0v) is 18.2. The highest BCUT2D eigenvalue weighted by Crippen LogP contribution is 2.34. The van der Waals surface area contributed by atoms with Crippen LogP contribution in [-0.4, -0.2) is 33.5 Å². The lowest BCUT2D eigenvalue weighted by molar-refractivity contribution is -0.122. The van der Waals surface area contributed by atoms with E-state index in [1.165, 1.54) is 0 Å². The normalized spacial score (nSPS) is 15.8. The molecule has 1 N–H and O–H groups in total. The summed E-state index contributed by atoms with van der Waals surface area (Å²) in [5.74, 6) is -0.588. The second kappa shape index (κ2) is 8.09. The number of thioether (sulfide) groups is 1. The summed E-state index contributed by atoms with van der Waals surface area (Å²) in [6, 6.07) is 12.0. The van der Waals surface area contributed by atoms with Gasteiger partial charge in [0.1, 0.15) is 5.75 Å². The first-order chi connectivity index (χ1) is 12.4. The molecule has 26 heavy (non-hydrogen) atoms. The summed E-state index contributed by atoms with van der Waals surface area (Å²) in [5, 5.41) is 9.36. The highest BCUT2D eigenvalue weighted by molar-refractivity contribution is 14.1. The highest BCUT2D eigenvalue weighted by atomic mass is 127.